The lowest BCUT2D eigenvalue weighted by molar-refractivity contribution is -0.141. The van der Waals surface area contributed by atoms with E-state index in [0.717, 1.165) is 0 Å². The third-order valence-electron chi connectivity index (χ3n) is 2.31. The number of halogens is 1. The van der Waals surface area contributed by atoms with Crippen LogP contribution in [0, 0.1) is 0 Å². The highest BCUT2D eigenvalue weighted by Crippen LogP contribution is 2.21. The molecule has 0 spiro atoms. The van der Waals surface area contributed by atoms with Crippen molar-refractivity contribution in [2.24, 2.45) is 0 Å². The molecule has 0 aromatic heterocycles. The van der Waals surface area contributed by atoms with E-state index in [2.05, 4.69) is 14.8 Å². The van der Waals surface area contributed by atoms with Crippen LogP contribution in [-0.2, 0) is 14.3 Å². The van der Waals surface area contributed by atoms with E-state index in [1.165, 1.54) is 20.3 Å². The number of hydrogen-bond donors (Lipinski definition) is 1. The number of methoxy groups -OCH3 is 2. The van der Waals surface area contributed by atoms with Crippen molar-refractivity contribution in [1.82, 2.24) is 0 Å². The van der Waals surface area contributed by atoms with E-state index >= 15 is 0 Å². The average Bonchev–Trinajstić information content (AvgIpc) is 2.38. The molecular weight excluding hydrogens is 258 g/mol. The highest BCUT2D eigenvalue weighted by molar-refractivity contribution is 6.33. The number of hydrogen-bond acceptors (Lipinski definition) is 5. The quantitative estimate of drug-likeness (QED) is 0.850. The minimum absolute atomic E-state index is 0.237. The number of carbonyl (C=O) groups is 2. The van der Waals surface area contributed by atoms with Gasteiger partial charge in [-0.1, -0.05) is 11.6 Å². The second-order valence-electron chi connectivity index (χ2n) is 3.58. The van der Waals surface area contributed by atoms with Gasteiger partial charge in [0.2, 0.25) is 0 Å². The lowest BCUT2D eigenvalue weighted by Gasteiger charge is -2.13. The molecule has 0 fully saturated rings. The van der Waals surface area contributed by atoms with E-state index in [4.69, 9.17) is 11.6 Å². The Morgan fingerprint density at radius 3 is 2.50 bits per heavy atom. The SMILES string of the molecule is COC(=O)c1cc(NC(C)C(=O)OC)ccc1Cl. The van der Waals surface area contributed by atoms with E-state index in [-0.39, 0.29) is 10.6 Å². The third-order valence-corrected chi connectivity index (χ3v) is 2.64. The van der Waals surface area contributed by atoms with Crippen LogP contribution in [0.5, 0.6) is 0 Å². The minimum Gasteiger partial charge on any atom is -0.467 e. The number of benzene rings is 1. The van der Waals surface area contributed by atoms with Crippen molar-refractivity contribution in [1.29, 1.82) is 0 Å². The molecule has 0 saturated carbocycles. The normalized spacial score (nSPS) is 11.6. The van der Waals surface area contributed by atoms with Crippen molar-refractivity contribution < 1.29 is 19.1 Å². The minimum atomic E-state index is -0.533. The van der Waals surface area contributed by atoms with Crippen molar-refractivity contribution >= 4 is 29.2 Å². The van der Waals surface area contributed by atoms with E-state index in [9.17, 15) is 9.59 Å². The van der Waals surface area contributed by atoms with Crippen molar-refractivity contribution in [2.45, 2.75) is 13.0 Å². The second kappa shape index (κ2) is 6.26. The number of rotatable bonds is 4. The molecular formula is C12H14ClNO4. The van der Waals surface area contributed by atoms with E-state index in [0.29, 0.717) is 5.69 Å². The van der Waals surface area contributed by atoms with Gasteiger partial charge in [-0.25, -0.2) is 9.59 Å². The summed E-state index contributed by atoms with van der Waals surface area (Å²) in [6, 6.07) is 4.21. The first-order valence-corrected chi connectivity index (χ1v) is 5.59. The van der Waals surface area contributed by atoms with Gasteiger partial charge < -0.3 is 14.8 Å². The monoisotopic (exact) mass is 271 g/mol. The summed E-state index contributed by atoms with van der Waals surface area (Å²) in [5.74, 6) is -0.932. The molecule has 1 aromatic carbocycles. The van der Waals surface area contributed by atoms with Crippen molar-refractivity contribution in [3.05, 3.63) is 28.8 Å². The zero-order chi connectivity index (χ0) is 13.7. The second-order valence-corrected chi connectivity index (χ2v) is 3.98. The number of nitrogens with one attached hydrogen (secondary N) is 1. The standard InChI is InChI=1S/C12H14ClNO4/c1-7(11(15)17-2)14-8-4-5-10(13)9(6-8)12(16)18-3/h4-7,14H,1-3H3. The molecule has 0 saturated heterocycles. The number of ether oxygens (including phenoxy) is 2. The van der Waals surface area contributed by atoms with Gasteiger partial charge in [-0.05, 0) is 25.1 Å². The Morgan fingerprint density at radius 2 is 1.94 bits per heavy atom. The Kier molecular flexibility index (Phi) is 4.97. The van der Waals surface area contributed by atoms with Crippen molar-refractivity contribution in [3.8, 4) is 0 Å². The van der Waals surface area contributed by atoms with E-state index in [1.807, 2.05) is 0 Å². The van der Waals surface area contributed by atoms with Crippen molar-refractivity contribution in [3.63, 3.8) is 0 Å². The lowest BCUT2D eigenvalue weighted by atomic mass is 10.2. The zero-order valence-electron chi connectivity index (χ0n) is 10.3. The first-order chi connectivity index (χ1) is 8.49. The van der Waals surface area contributed by atoms with E-state index in [1.54, 1.807) is 19.1 Å². The summed E-state index contributed by atoms with van der Waals surface area (Å²) in [6.07, 6.45) is 0. The van der Waals surface area contributed by atoms with Gasteiger partial charge in [-0.15, -0.1) is 0 Å². The van der Waals surface area contributed by atoms with Crippen LogP contribution < -0.4 is 5.32 Å². The summed E-state index contributed by atoms with van der Waals surface area (Å²) in [7, 11) is 2.58. The third kappa shape index (κ3) is 3.37. The molecule has 0 radical (unpaired) electrons. The van der Waals surface area contributed by atoms with Gasteiger partial charge in [0.25, 0.3) is 0 Å². The maximum absolute atomic E-state index is 11.4. The first-order valence-electron chi connectivity index (χ1n) is 5.21. The molecule has 1 rings (SSSR count). The van der Waals surface area contributed by atoms with E-state index < -0.39 is 18.0 Å². The molecule has 0 aliphatic carbocycles. The maximum Gasteiger partial charge on any atom is 0.339 e. The fourth-order valence-electron chi connectivity index (χ4n) is 1.37. The van der Waals surface area contributed by atoms with Gasteiger partial charge in [-0.3, -0.25) is 0 Å². The van der Waals surface area contributed by atoms with Gasteiger partial charge >= 0.3 is 11.9 Å². The van der Waals surface area contributed by atoms with Crippen LogP contribution in [0.4, 0.5) is 5.69 Å². The van der Waals surface area contributed by atoms with Gasteiger partial charge in [0.15, 0.2) is 0 Å². The fourth-order valence-corrected chi connectivity index (χ4v) is 1.56. The molecule has 1 atom stereocenters. The molecule has 0 heterocycles. The molecule has 0 aliphatic rings. The molecule has 1 unspecified atom stereocenters. The predicted octanol–water partition coefficient (Wildman–Crippen LogP) is 2.10. The number of esters is 2. The van der Waals surface area contributed by atoms with Crippen LogP contribution in [0.25, 0.3) is 0 Å². The molecule has 5 nitrogen and oxygen atoms in total. The maximum atomic E-state index is 11.4. The van der Waals surface area contributed by atoms with Crippen LogP contribution in [0.2, 0.25) is 5.02 Å². The smallest absolute Gasteiger partial charge is 0.339 e. The Bertz CT molecular complexity index is 461. The highest BCUT2D eigenvalue weighted by atomic mass is 35.5. The lowest BCUT2D eigenvalue weighted by Crippen LogP contribution is -2.27. The van der Waals surface area contributed by atoms with Gasteiger partial charge in [-0.2, -0.15) is 0 Å². The molecule has 0 amide bonds. The molecule has 18 heavy (non-hydrogen) atoms. The Hall–Kier alpha value is -1.75. The zero-order valence-corrected chi connectivity index (χ0v) is 11.1. The molecule has 6 heteroatoms. The number of anilines is 1. The first kappa shape index (κ1) is 14.3. The Morgan fingerprint density at radius 1 is 1.28 bits per heavy atom. The molecule has 1 N–H and O–H groups in total. The summed E-state index contributed by atoms with van der Waals surface area (Å²) in [5.41, 5.74) is 0.818. The summed E-state index contributed by atoms with van der Waals surface area (Å²) < 4.78 is 9.19. The Labute approximate surface area is 110 Å². The summed E-state index contributed by atoms with van der Waals surface area (Å²) in [5, 5.41) is 3.19. The van der Waals surface area contributed by atoms with Crippen LogP contribution in [0.15, 0.2) is 18.2 Å². The molecule has 1 aromatic rings. The summed E-state index contributed by atoms with van der Waals surface area (Å²) in [4.78, 5) is 22.7. The molecule has 0 bridgehead atoms. The number of carbonyl (C=O) groups excluding carboxylic acids is 2. The molecule has 98 valence electrons. The van der Waals surface area contributed by atoms with Crippen molar-refractivity contribution in [2.75, 3.05) is 19.5 Å². The van der Waals surface area contributed by atoms with Crippen LogP contribution >= 0.6 is 11.6 Å². The average molecular weight is 272 g/mol. The topological polar surface area (TPSA) is 64.6 Å². The largest absolute Gasteiger partial charge is 0.467 e. The summed E-state index contributed by atoms with van der Waals surface area (Å²) in [6.45, 7) is 1.65. The highest BCUT2D eigenvalue weighted by Gasteiger charge is 2.15. The van der Waals surface area contributed by atoms with Gasteiger partial charge in [0, 0.05) is 5.69 Å². The predicted molar refractivity (Wildman–Crippen MR) is 67.9 cm³/mol. The summed E-state index contributed by atoms with van der Waals surface area (Å²) >= 11 is 5.88. The van der Waals surface area contributed by atoms with Crippen LogP contribution in [0.1, 0.15) is 17.3 Å². The Balaban J connectivity index is 2.92. The fraction of sp³-hybridized carbons (Fsp3) is 0.333. The van der Waals surface area contributed by atoms with Gasteiger partial charge in [0.05, 0.1) is 24.8 Å². The molecule has 0 aliphatic heterocycles. The van der Waals surface area contributed by atoms with Crippen LogP contribution in [0.3, 0.4) is 0 Å². The van der Waals surface area contributed by atoms with Crippen LogP contribution in [-0.4, -0.2) is 32.2 Å². The van der Waals surface area contributed by atoms with Gasteiger partial charge in [0.1, 0.15) is 6.04 Å².